The van der Waals surface area contributed by atoms with Crippen LogP contribution in [0.4, 0.5) is 0 Å². The number of carbonyl (C=O) groups is 1. The van der Waals surface area contributed by atoms with Crippen LogP contribution >= 0.6 is 11.8 Å². The van der Waals surface area contributed by atoms with E-state index in [1.807, 2.05) is 24.9 Å². The maximum Gasteiger partial charge on any atom is 0.222 e. The Balaban J connectivity index is 1.37. The van der Waals surface area contributed by atoms with Crippen LogP contribution in [0, 0.1) is 20.8 Å². The summed E-state index contributed by atoms with van der Waals surface area (Å²) in [5, 5.41) is 8.08. The third-order valence-electron chi connectivity index (χ3n) is 6.44. The average Bonchev–Trinajstić information content (AvgIpc) is 3.41. The number of nitrogens with one attached hydrogen (secondary N) is 1. The van der Waals surface area contributed by atoms with E-state index >= 15 is 0 Å². The molecule has 31 heavy (non-hydrogen) atoms. The van der Waals surface area contributed by atoms with Gasteiger partial charge in [-0.1, -0.05) is 11.8 Å². The van der Waals surface area contributed by atoms with Crippen molar-refractivity contribution >= 4 is 17.7 Å². The van der Waals surface area contributed by atoms with Crippen LogP contribution in [0.1, 0.15) is 66.2 Å². The van der Waals surface area contributed by atoms with E-state index in [1.165, 1.54) is 5.56 Å². The first-order valence-electron chi connectivity index (χ1n) is 11.4. The van der Waals surface area contributed by atoms with Gasteiger partial charge in [-0.05, 0) is 64.0 Å². The van der Waals surface area contributed by atoms with Crippen LogP contribution in [-0.4, -0.2) is 62.5 Å². The quantitative estimate of drug-likeness (QED) is 0.518. The number of hydrogen-bond donors (Lipinski definition) is 1. The van der Waals surface area contributed by atoms with E-state index in [4.69, 9.17) is 9.72 Å². The predicted octanol–water partition coefficient (Wildman–Crippen LogP) is 3.73. The number of ether oxygens (including phenoxy) is 1. The lowest BCUT2D eigenvalue weighted by molar-refractivity contribution is -0.132. The Morgan fingerprint density at radius 2 is 2.16 bits per heavy atom. The minimum absolute atomic E-state index is 0.226. The van der Waals surface area contributed by atoms with Gasteiger partial charge in [0.25, 0.3) is 0 Å². The van der Waals surface area contributed by atoms with Crippen LogP contribution in [0.3, 0.4) is 0 Å². The van der Waals surface area contributed by atoms with E-state index in [-0.39, 0.29) is 11.8 Å². The van der Waals surface area contributed by atoms with Crippen LogP contribution in [0.25, 0.3) is 0 Å². The summed E-state index contributed by atoms with van der Waals surface area (Å²) in [6.45, 7) is 8.54. The molecule has 2 atom stereocenters. The smallest absolute Gasteiger partial charge is 0.222 e. The van der Waals surface area contributed by atoms with Crippen molar-refractivity contribution in [3.63, 3.8) is 0 Å². The molecular formula is C23H33N5O2S. The lowest BCUT2D eigenvalue weighted by atomic mass is 9.92. The topological polar surface area (TPSA) is 84.0 Å². The van der Waals surface area contributed by atoms with E-state index in [1.54, 1.807) is 11.8 Å². The Morgan fingerprint density at radius 3 is 2.90 bits per heavy atom. The maximum absolute atomic E-state index is 12.9. The molecule has 2 aromatic rings. The number of aromatic amines is 1. The number of aryl methyl sites for hydroxylation is 3. The molecule has 2 aromatic heterocycles. The lowest BCUT2D eigenvalue weighted by Crippen LogP contribution is -2.39. The molecule has 1 amide bonds. The molecule has 0 spiro atoms. The highest BCUT2D eigenvalue weighted by atomic mass is 32.2. The van der Waals surface area contributed by atoms with E-state index in [0.29, 0.717) is 12.5 Å². The van der Waals surface area contributed by atoms with Gasteiger partial charge < -0.3 is 9.64 Å². The molecule has 4 heterocycles. The number of piperidine rings is 1. The largest absolute Gasteiger partial charge is 0.377 e. The second-order valence-electron chi connectivity index (χ2n) is 8.76. The molecule has 8 heteroatoms. The molecule has 1 N–H and O–H groups in total. The van der Waals surface area contributed by atoms with E-state index in [2.05, 4.69) is 22.1 Å². The number of likely N-dealkylation sites (tertiary alicyclic amines) is 1. The Bertz CT molecular complexity index is 890. The first-order valence-corrected chi connectivity index (χ1v) is 12.4. The predicted molar refractivity (Wildman–Crippen MR) is 121 cm³/mol. The summed E-state index contributed by atoms with van der Waals surface area (Å²) in [5.74, 6) is 1.41. The summed E-state index contributed by atoms with van der Waals surface area (Å²) in [6, 6.07) is 0. The molecule has 2 aliphatic heterocycles. The number of hydrogen-bond acceptors (Lipinski definition) is 6. The number of carbonyl (C=O) groups excluding carboxylic acids is 1. The highest BCUT2D eigenvalue weighted by Crippen LogP contribution is 2.30. The van der Waals surface area contributed by atoms with Gasteiger partial charge in [-0.2, -0.15) is 5.10 Å². The van der Waals surface area contributed by atoms with E-state index in [0.717, 1.165) is 85.4 Å². The lowest BCUT2D eigenvalue weighted by Gasteiger charge is -2.33. The zero-order valence-electron chi connectivity index (χ0n) is 18.8. The fourth-order valence-electron chi connectivity index (χ4n) is 4.62. The molecule has 0 bridgehead atoms. The minimum Gasteiger partial charge on any atom is -0.377 e. The molecule has 0 radical (unpaired) electrons. The molecule has 2 fully saturated rings. The molecule has 7 nitrogen and oxygen atoms in total. The van der Waals surface area contributed by atoms with Crippen molar-refractivity contribution in [3.05, 3.63) is 34.4 Å². The number of aromatic nitrogens is 4. The maximum atomic E-state index is 12.9. The van der Waals surface area contributed by atoms with Crippen LogP contribution in [0.15, 0.2) is 11.4 Å². The van der Waals surface area contributed by atoms with Gasteiger partial charge in [-0.15, -0.1) is 0 Å². The molecule has 168 valence electrons. The number of nitrogens with zero attached hydrogens (tertiary/aromatic N) is 4. The van der Waals surface area contributed by atoms with Gasteiger partial charge in [0.15, 0.2) is 5.16 Å². The molecule has 0 aliphatic carbocycles. The van der Waals surface area contributed by atoms with Crippen LogP contribution < -0.4 is 0 Å². The summed E-state index contributed by atoms with van der Waals surface area (Å²) < 4.78 is 5.72. The summed E-state index contributed by atoms with van der Waals surface area (Å²) in [5.41, 5.74) is 5.44. The molecule has 4 rings (SSSR count). The van der Waals surface area contributed by atoms with Gasteiger partial charge in [0.1, 0.15) is 0 Å². The van der Waals surface area contributed by atoms with Crippen molar-refractivity contribution in [1.29, 1.82) is 0 Å². The molecule has 2 aliphatic rings. The average molecular weight is 444 g/mol. The Morgan fingerprint density at radius 1 is 1.29 bits per heavy atom. The second-order valence-corrected chi connectivity index (χ2v) is 9.75. The first-order chi connectivity index (χ1) is 15.0. The number of H-pyrrole nitrogens is 1. The Hall–Kier alpha value is -1.93. The van der Waals surface area contributed by atoms with Gasteiger partial charge in [-0.3, -0.25) is 9.89 Å². The third kappa shape index (κ3) is 5.47. The fourth-order valence-corrected chi connectivity index (χ4v) is 5.51. The monoisotopic (exact) mass is 443 g/mol. The number of rotatable bonds is 7. The van der Waals surface area contributed by atoms with E-state index in [9.17, 15) is 4.79 Å². The zero-order chi connectivity index (χ0) is 21.8. The minimum atomic E-state index is 0.226. The van der Waals surface area contributed by atoms with Crippen molar-refractivity contribution in [2.75, 3.05) is 25.4 Å². The van der Waals surface area contributed by atoms with Crippen LogP contribution in [0.5, 0.6) is 0 Å². The fraction of sp³-hybridized carbons (Fsp3) is 0.652. The normalized spacial score (nSPS) is 21.6. The highest BCUT2D eigenvalue weighted by Gasteiger charge is 2.27. The first kappa shape index (κ1) is 22.3. The van der Waals surface area contributed by atoms with Crippen molar-refractivity contribution in [3.8, 4) is 0 Å². The zero-order valence-corrected chi connectivity index (χ0v) is 19.6. The van der Waals surface area contributed by atoms with Crippen molar-refractivity contribution < 1.29 is 9.53 Å². The SMILES string of the molecule is Cc1cnc(SCC2CCCO2)nc1C1CCCN(C(=O)CCc2c(C)n[nH]c2C)C1. The Kier molecular flexibility index (Phi) is 7.27. The van der Waals surface area contributed by atoms with Crippen LogP contribution in [0.2, 0.25) is 0 Å². The summed E-state index contributed by atoms with van der Waals surface area (Å²) in [7, 11) is 0. The third-order valence-corrected chi connectivity index (χ3v) is 7.43. The van der Waals surface area contributed by atoms with Crippen molar-refractivity contribution in [2.45, 2.75) is 76.5 Å². The number of amides is 1. The molecule has 2 unspecified atom stereocenters. The summed E-state index contributed by atoms with van der Waals surface area (Å²) in [4.78, 5) is 24.4. The molecule has 0 saturated carbocycles. The van der Waals surface area contributed by atoms with Crippen molar-refractivity contribution in [2.24, 2.45) is 0 Å². The molecule has 2 saturated heterocycles. The van der Waals surface area contributed by atoms with Gasteiger partial charge >= 0.3 is 0 Å². The number of thioether (sulfide) groups is 1. The van der Waals surface area contributed by atoms with Gasteiger partial charge in [-0.25, -0.2) is 9.97 Å². The molecule has 0 aromatic carbocycles. The second kappa shape index (κ2) is 10.1. The van der Waals surface area contributed by atoms with Gasteiger partial charge in [0.05, 0.1) is 17.5 Å². The van der Waals surface area contributed by atoms with Gasteiger partial charge in [0.2, 0.25) is 5.91 Å². The summed E-state index contributed by atoms with van der Waals surface area (Å²) in [6.07, 6.45) is 7.89. The Labute approximate surface area is 188 Å². The molecular weight excluding hydrogens is 410 g/mol. The summed E-state index contributed by atoms with van der Waals surface area (Å²) >= 11 is 1.68. The van der Waals surface area contributed by atoms with E-state index < -0.39 is 0 Å². The van der Waals surface area contributed by atoms with Crippen LogP contribution in [-0.2, 0) is 16.0 Å². The van der Waals surface area contributed by atoms with Crippen molar-refractivity contribution in [1.82, 2.24) is 25.1 Å². The van der Waals surface area contributed by atoms with Gasteiger partial charge in [0, 0.05) is 49.7 Å². The highest BCUT2D eigenvalue weighted by molar-refractivity contribution is 7.99. The standard InChI is InChI=1S/C23H33N5O2S/c1-15-12-24-23(31-14-19-7-5-11-30-19)25-22(15)18-6-4-10-28(13-18)21(29)9-8-20-16(2)26-27-17(20)3/h12,18-19H,4-11,13-14H2,1-3H3,(H,26,27).